The summed E-state index contributed by atoms with van der Waals surface area (Å²) in [7, 11) is 0. The predicted octanol–water partition coefficient (Wildman–Crippen LogP) is 2.09. The van der Waals surface area contributed by atoms with E-state index >= 15 is 0 Å². The van der Waals surface area contributed by atoms with Crippen molar-refractivity contribution in [3.8, 4) is 11.1 Å². The summed E-state index contributed by atoms with van der Waals surface area (Å²) in [6.07, 6.45) is 7.66. The Kier molecular flexibility index (Phi) is 4.19. The Morgan fingerprint density at radius 3 is 2.88 bits per heavy atom. The smallest absolute Gasteiger partial charge is 0.221 e. The summed E-state index contributed by atoms with van der Waals surface area (Å²) in [6.45, 7) is 2.46. The van der Waals surface area contributed by atoms with Gasteiger partial charge in [-0.3, -0.25) is 9.69 Å². The quantitative estimate of drug-likeness (QED) is 0.792. The molecule has 128 valence electrons. The van der Waals surface area contributed by atoms with Gasteiger partial charge in [0.05, 0.1) is 12.1 Å². The Hall–Kier alpha value is -2.73. The van der Waals surface area contributed by atoms with E-state index in [1.165, 1.54) is 0 Å². The maximum atomic E-state index is 11.4. The first kappa shape index (κ1) is 15.8. The van der Waals surface area contributed by atoms with Crippen LogP contribution in [0.25, 0.3) is 16.8 Å². The minimum atomic E-state index is -0.196. The number of aromatic nitrogens is 3. The third-order valence-corrected chi connectivity index (χ3v) is 4.81. The topological polar surface area (TPSA) is 76.5 Å². The first-order valence-electron chi connectivity index (χ1n) is 8.60. The molecule has 6 heteroatoms. The van der Waals surface area contributed by atoms with Crippen molar-refractivity contribution in [2.24, 2.45) is 11.7 Å². The zero-order chi connectivity index (χ0) is 17.2. The number of nitrogens with two attached hydrogens (primary N) is 1. The zero-order valence-electron chi connectivity index (χ0n) is 14.0. The lowest BCUT2D eigenvalue weighted by atomic mass is 9.97. The van der Waals surface area contributed by atoms with Crippen LogP contribution in [0.2, 0.25) is 0 Å². The molecule has 2 N–H and O–H groups in total. The van der Waals surface area contributed by atoms with Crippen LogP contribution in [0, 0.1) is 5.92 Å². The van der Waals surface area contributed by atoms with Crippen LogP contribution >= 0.6 is 0 Å². The Morgan fingerprint density at radius 1 is 1.24 bits per heavy atom. The molecule has 3 aromatic rings. The average Bonchev–Trinajstić information content (AvgIpc) is 3.06. The molecule has 1 aromatic carbocycles. The summed E-state index contributed by atoms with van der Waals surface area (Å²) < 4.78 is 1.83. The minimum absolute atomic E-state index is 0.0418. The van der Waals surface area contributed by atoms with E-state index in [1.54, 1.807) is 0 Å². The lowest BCUT2D eigenvalue weighted by molar-refractivity contribution is -0.123. The van der Waals surface area contributed by atoms with Crippen LogP contribution in [-0.4, -0.2) is 38.5 Å². The van der Waals surface area contributed by atoms with Crippen molar-refractivity contribution in [3.63, 3.8) is 0 Å². The number of amides is 1. The van der Waals surface area contributed by atoms with Crippen molar-refractivity contribution in [3.05, 3.63) is 54.5 Å². The van der Waals surface area contributed by atoms with Crippen LogP contribution in [0.5, 0.6) is 0 Å². The molecule has 0 spiro atoms. The van der Waals surface area contributed by atoms with Crippen molar-refractivity contribution in [1.82, 2.24) is 19.5 Å². The molecular weight excluding hydrogens is 314 g/mol. The molecule has 0 aliphatic carbocycles. The van der Waals surface area contributed by atoms with E-state index in [4.69, 9.17) is 5.73 Å². The van der Waals surface area contributed by atoms with Gasteiger partial charge < -0.3 is 5.73 Å². The molecule has 2 aromatic heterocycles. The standard InChI is InChI=1S/C19H21N5O/c20-18(25)16-7-4-8-23(13-16)11-14-9-21-19-17(10-22-24(19)12-14)15-5-2-1-3-6-15/h1-3,5-6,9-10,12,16H,4,7-8,11,13H2,(H2,20,25)/t16-/m0/s1. The number of hydrogen-bond donors (Lipinski definition) is 1. The third kappa shape index (κ3) is 3.25. The number of benzene rings is 1. The zero-order valence-corrected chi connectivity index (χ0v) is 14.0. The summed E-state index contributed by atoms with van der Waals surface area (Å²) in [5.41, 5.74) is 9.53. The van der Waals surface area contributed by atoms with E-state index in [9.17, 15) is 4.79 Å². The van der Waals surface area contributed by atoms with Gasteiger partial charge in [0.25, 0.3) is 0 Å². The molecule has 0 bridgehead atoms. The number of piperidine rings is 1. The van der Waals surface area contributed by atoms with Gasteiger partial charge in [-0.2, -0.15) is 5.10 Å². The molecule has 1 fully saturated rings. The highest BCUT2D eigenvalue weighted by atomic mass is 16.1. The fourth-order valence-corrected chi connectivity index (χ4v) is 3.51. The van der Waals surface area contributed by atoms with Crippen molar-refractivity contribution in [2.45, 2.75) is 19.4 Å². The second kappa shape index (κ2) is 6.64. The molecule has 1 amide bonds. The van der Waals surface area contributed by atoms with Crippen molar-refractivity contribution >= 4 is 11.6 Å². The maximum absolute atomic E-state index is 11.4. The monoisotopic (exact) mass is 335 g/mol. The Balaban J connectivity index is 1.55. The number of hydrogen-bond acceptors (Lipinski definition) is 4. The van der Waals surface area contributed by atoms with Crippen LogP contribution in [0.1, 0.15) is 18.4 Å². The highest BCUT2D eigenvalue weighted by molar-refractivity contribution is 5.77. The fraction of sp³-hybridized carbons (Fsp3) is 0.316. The number of nitrogens with zero attached hydrogens (tertiary/aromatic N) is 4. The van der Waals surface area contributed by atoms with Crippen molar-refractivity contribution in [2.75, 3.05) is 13.1 Å². The van der Waals surface area contributed by atoms with E-state index in [2.05, 4.69) is 27.1 Å². The van der Waals surface area contributed by atoms with Crippen LogP contribution < -0.4 is 5.73 Å². The highest BCUT2D eigenvalue weighted by Crippen LogP contribution is 2.23. The van der Waals surface area contributed by atoms with Crippen molar-refractivity contribution in [1.29, 1.82) is 0 Å². The number of primary amides is 1. The molecule has 25 heavy (non-hydrogen) atoms. The molecule has 1 saturated heterocycles. The number of likely N-dealkylation sites (tertiary alicyclic amines) is 1. The van der Waals surface area contributed by atoms with Gasteiger partial charge in [0.1, 0.15) is 0 Å². The normalized spacial score (nSPS) is 18.5. The third-order valence-electron chi connectivity index (χ3n) is 4.81. The summed E-state index contributed by atoms with van der Waals surface area (Å²) in [4.78, 5) is 18.3. The van der Waals surface area contributed by atoms with Crippen molar-refractivity contribution < 1.29 is 4.79 Å². The molecule has 0 radical (unpaired) electrons. The fourth-order valence-electron chi connectivity index (χ4n) is 3.51. The Labute approximate surface area is 146 Å². The van der Waals surface area contributed by atoms with Gasteiger partial charge in [-0.25, -0.2) is 9.50 Å². The molecule has 0 unspecified atom stereocenters. The summed E-state index contributed by atoms with van der Waals surface area (Å²) >= 11 is 0. The van der Waals surface area contributed by atoms with E-state index in [1.807, 2.05) is 41.3 Å². The summed E-state index contributed by atoms with van der Waals surface area (Å²) in [5, 5.41) is 4.45. The second-order valence-corrected chi connectivity index (χ2v) is 6.63. The van der Waals surface area contributed by atoms with Gasteiger partial charge in [-0.15, -0.1) is 0 Å². The molecular formula is C19H21N5O. The SMILES string of the molecule is NC(=O)[C@H]1CCCN(Cc2cnc3c(-c4ccccc4)cnn3c2)C1. The second-order valence-electron chi connectivity index (χ2n) is 6.63. The first-order valence-corrected chi connectivity index (χ1v) is 8.60. The largest absolute Gasteiger partial charge is 0.369 e. The molecule has 3 heterocycles. The number of carbonyl (C=O) groups excluding carboxylic acids is 1. The van der Waals surface area contributed by atoms with Gasteiger partial charge in [0.2, 0.25) is 5.91 Å². The number of rotatable bonds is 4. The minimum Gasteiger partial charge on any atom is -0.369 e. The molecule has 4 rings (SSSR count). The molecule has 1 atom stereocenters. The molecule has 0 saturated carbocycles. The number of carbonyl (C=O) groups is 1. The van der Waals surface area contributed by atoms with Gasteiger partial charge in [-0.05, 0) is 24.9 Å². The Bertz CT molecular complexity index is 889. The molecule has 1 aliphatic rings. The van der Waals surface area contributed by atoms with Gasteiger partial charge >= 0.3 is 0 Å². The summed E-state index contributed by atoms with van der Waals surface area (Å²) in [5.74, 6) is -0.238. The highest BCUT2D eigenvalue weighted by Gasteiger charge is 2.24. The lowest BCUT2D eigenvalue weighted by Crippen LogP contribution is -2.40. The average molecular weight is 335 g/mol. The van der Waals surface area contributed by atoms with Gasteiger partial charge in [0.15, 0.2) is 5.65 Å². The van der Waals surface area contributed by atoms with E-state index in [0.29, 0.717) is 0 Å². The van der Waals surface area contributed by atoms with E-state index in [-0.39, 0.29) is 11.8 Å². The molecule has 1 aliphatic heterocycles. The van der Waals surface area contributed by atoms with Crippen LogP contribution in [0.4, 0.5) is 0 Å². The number of fused-ring (bicyclic) bond motifs is 1. The predicted molar refractivity (Wildman–Crippen MR) is 95.6 cm³/mol. The van der Waals surface area contributed by atoms with Crippen LogP contribution in [-0.2, 0) is 11.3 Å². The van der Waals surface area contributed by atoms with Crippen LogP contribution in [0.15, 0.2) is 48.9 Å². The lowest BCUT2D eigenvalue weighted by Gasteiger charge is -2.30. The van der Waals surface area contributed by atoms with Crippen LogP contribution in [0.3, 0.4) is 0 Å². The van der Waals surface area contributed by atoms with E-state index in [0.717, 1.165) is 54.8 Å². The van der Waals surface area contributed by atoms with Gasteiger partial charge in [0, 0.05) is 36.6 Å². The maximum Gasteiger partial charge on any atom is 0.221 e. The molecule has 6 nitrogen and oxygen atoms in total. The summed E-state index contributed by atoms with van der Waals surface area (Å²) in [6, 6.07) is 10.1. The first-order chi connectivity index (χ1) is 12.2. The van der Waals surface area contributed by atoms with Gasteiger partial charge in [-0.1, -0.05) is 30.3 Å². The Morgan fingerprint density at radius 2 is 2.08 bits per heavy atom. The van der Waals surface area contributed by atoms with E-state index < -0.39 is 0 Å².